The van der Waals surface area contributed by atoms with E-state index >= 15 is 0 Å². The number of nitrogens with two attached hydrogens (primary N) is 1. The molecule has 17 heavy (non-hydrogen) atoms. The Kier molecular flexibility index (Phi) is 2.19. The van der Waals surface area contributed by atoms with Crippen LogP contribution in [0.3, 0.4) is 0 Å². The van der Waals surface area contributed by atoms with Gasteiger partial charge >= 0.3 is 0 Å². The first-order valence-electron chi connectivity index (χ1n) is 5.68. The maximum Gasteiger partial charge on any atom is 0.169 e. The molecule has 1 aromatic carbocycles. The van der Waals surface area contributed by atoms with Crippen molar-refractivity contribution in [1.82, 2.24) is 5.16 Å². The van der Waals surface area contributed by atoms with Crippen LogP contribution in [0.4, 0.5) is 5.82 Å². The maximum absolute atomic E-state index is 9.52. The average molecular weight is 230 g/mol. The van der Waals surface area contributed by atoms with Crippen LogP contribution in [0, 0.1) is 0 Å². The first-order valence-corrected chi connectivity index (χ1v) is 5.68. The van der Waals surface area contributed by atoms with Crippen molar-refractivity contribution in [2.75, 3.05) is 12.3 Å². The van der Waals surface area contributed by atoms with Crippen molar-refractivity contribution in [2.24, 2.45) is 0 Å². The van der Waals surface area contributed by atoms with Crippen LogP contribution >= 0.6 is 0 Å². The van der Waals surface area contributed by atoms with Crippen LogP contribution in [0.5, 0.6) is 0 Å². The summed E-state index contributed by atoms with van der Waals surface area (Å²) < 4.78 is 5.20. The van der Waals surface area contributed by atoms with Gasteiger partial charge in [0.25, 0.3) is 0 Å². The molecule has 0 radical (unpaired) electrons. The summed E-state index contributed by atoms with van der Waals surface area (Å²) in [5.74, 6) is 1.04. The fourth-order valence-corrected chi connectivity index (χ4v) is 2.24. The number of aliphatic hydroxyl groups is 1. The van der Waals surface area contributed by atoms with Crippen molar-refractivity contribution in [3.63, 3.8) is 0 Å². The Morgan fingerprint density at radius 3 is 2.71 bits per heavy atom. The summed E-state index contributed by atoms with van der Waals surface area (Å²) in [6.45, 7) is 0.174. The van der Waals surface area contributed by atoms with E-state index in [0.29, 0.717) is 11.6 Å². The van der Waals surface area contributed by atoms with Crippen LogP contribution in [0.1, 0.15) is 18.4 Å². The number of rotatable bonds is 3. The third-order valence-corrected chi connectivity index (χ3v) is 3.45. The van der Waals surface area contributed by atoms with Crippen molar-refractivity contribution in [1.29, 1.82) is 0 Å². The molecule has 1 aliphatic carbocycles. The Hall–Kier alpha value is -1.81. The van der Waals surface area contributed by atoms with Gasteiger partial charge < -0.3 is 15.4 Å². The van der Waals surface area contributed by atoms with Crippen molar-refractivity contribution < 1.29 is 9.63 Å². The molecule has 4 heteroatoms. The summed E-state index contributed by atoms with van der Waals surface area (Å²) in [4.78, 5) is 0. The molecule has 1 fully saturated rings. The molecule has 0 spiro atoms. The SMILES string of the molecule is Nc1cc(-c2ccccc2C2(CO)CC2)on1. The molecule has 0 aliphatic heterocycles. The van der Waals surface area contributed by atoms with Crippen LogP contribution in [0.15, 0.2) is 34.9 Å². The molecule has 1 heterocycles. The zero-order valence-electron chi connectivity index (χ0n) is 9.39. The van der Waals surface area contributed by atoms with Crippen LogP contribution in [-0.4, -0.2) is 16.9 Å². The van der Waals surface area contributed by atoms with Gasteiger partial charge in [-0.2, -0.15) is 0 Å². The first kappa shape index (κ1) is 10.4. The molecule has 88 valence electrons. The van der Waals surface area contributed by atoms with E-state index in [4.69, 9.17) is 10.3 Å². The van der Waals surface area contributed by atoms with E-state index in [9.17, 15) is 5.11 Å². The van der Waals surface area contributed by atoms with E-state index in [2.05, 4.69) is 5.16 Å². The number of hydrogen-bond donors (Lipinski definition) is 2. The van der Waals surface area contributed by atoms with E-state index in [-0.39, 0.29) is 12.0 Å². The second kappa shape index (κ2) is 3.60. The molecular weight excluding hydrogens is 216 g/mol. The van der Waals surface area contributed by atoms with Crippen LogP contribution in [-0.2, 0) is 5.41 Å². The molecular formula is C13H14N2O2. The second-order valence-electron chi connectivity index (χ2n) is 4.60. The van der Waals surface area contributed by atoms with Gasteiger partial charge in [-0.05, 0) is 18.4 Å². The molecule has 0 bridgehead atoms. The smallest absolute Gasteiger partial charge is 0.169 e. The minimum atomic E-state index is -0.0852. The lowest BCUT2D eigenvalue weighted by Gasteiger charge is -2.15. The number of hydrogen-bond acceptors (Lipinski definition) is 4. The average Bonchev–Trinajstić information content (AvgIpc) is 3.05. The predicted octanol–water partition coefficient (Wildman–Crippen LogP) is 1.95. The van der Waals surface area contributed by atoms with Gasteiger partial charge in [0.05, 0.1) is 6.61 Å². The number of aromatic nitrogens is 1. The van der Waals surface area contributed by atoms with Crippen molar-refractivity contribution in [3.8, 4) is 11.3 Å². The molecule has 3 rings (SSSR count). The Labute approximate surface area is 99.0 Å². The molecule has 2 aromatic rings. The quantitative estimate of drug-likeness (QED) is 0.845. The van der Waals surface area contributed by atoms with Gasteiger partial charge in [-0.1, -0.05) is 29.4 Å². The first-order chi connectivity index (χ1) is 8.25. The fourth-order valence-electron chi connectivity index (χ4n) is 2.24. The molecule has 0 saturated heterocycles. The minimum absolute atomic E-state index is 0.0852. The van der Waals surface area contributed by atoms with Crippen molar-refractivity contribution in [3.05, 3.63) is 35.9 Å². The van der Waals surface area contributed by atoms with E-state index in [1.165, 1.54) is 0 Å². The lowest BCUT2D eigenvalue weighted by atomic mass is 9.91. The molecule has 4 nitrogen and oxygen atoms in total. The monoisotopic (exact) mass is 230 g/mol. The molecule has 1 aromatic heterocycles. The van der Waals surface area contributed by atoms with Crippen molar-refractivity contribution >= 4 is 5.82 Å². The van der Waals surface area contributed by atoms with Crippen LogP contribution in [0.2, 0.25) is 0 Å². The van der Waals surface area contributed by atoms with Gasteiger partial charge in [0.2, 0.25) is 0 Å². The maximum atomic E-state index is 9.52. The van der Waals surface area contributed by atoms with E-state index < -0.39 is 0 Å². The molecule has 0 amide bonds. The standard InChI is InChI=1S/C13H14N2O2/c14-12-7-11(17-15-12)9-3-1-2-4-10(9)13(8-16)5-6-13/h1-4,7,16H,5-6,8H2,(H2,14,15). The number of anilines is 1. The zero-order chi connectivity index (χ0) is 11.9. The molecule has 1 saturated carbocycles. The van der Waals surface area contributed by atoms with E-state index in [1.807, 2.05) is 24.3 Å². The second-order valence-corrected chi connectivity index (χ2v) is 4.60. The Morgan fingerprint density at radius 1 is 1.35 bits per heavy atom. The summed E-state index contributed by atoms with van der Waals surface area (Å²) in [7, 11) is 0. The summed E-state index contributed by atoms with van der Waals surface area (Å²) in [5.41, 5.74) is 7.58. The Bertz CT molecular complexity index is 544. The number of benzene rings is 1. The van der Waals surface area contributed by atoms with Gasteiger partial charge in [0.15, 0.2) is 11.6 Å². The lowest BCUT2D eigenvalue weighted by Crippen LogP contribution is -2.12. The third-order valence-electron chi connectivity index (χ3n) is 3.45. The number of aliphatic hydroxyl groups excluding tert-OH is 1. The fraction of sp³-hybridized carbons (Fsp3) is 0.308. The summed E-state index contributed by atoms with van der Waals surface area (Å²) in [6, 6.07) is 9.66. The van der Waals surface area contributed by atoms with Crippen LogP contribution < -0.4 is 5.73 Å². The molecule has 1 aliphatic rings. The highest BCUT2D eigenvalue weighted by molar-refractivity contribution is 5.66. The summed E-state index contributed by atoms with van der Waals surface area (Å²) in [6.07, 6.45) is 2.04. The normalized spacial score (nSPS) is 17.0. The van der Waals surface area contributed by atoms with E-state index in [0.717, 1.165) is 24.0 Å². The van der Waals surface area contributed by atoms with Crippen molar-refractivity contribution in [2.45, 2.75) is 18.3 Å². The van der Waals surface area contributed by atoms with Crippen LogP contribution in [0.25, 0.3) is 11.3 Å². The third kappa shape index (κ3) is 1.61. The van der Waals surface area contributed by atoms with Gasteiger partial charge in [-0.25, -0.2) is 0 Å². The minimum Gasteiger partial charge on any atom is -0.395 e. The summed E-state index contributed by atoms with van der Waals surface area (Å²) >= 11 is 0. The number of nitrogen functional groups attached to an aromatic ring is 1. The highest BCUT2D eigenvalue weighted by Crippen LogP contribution is 2.50. The Morgan fingerprint density at radius 2 is 2.12 bits per heavy atom. The predicted molar refractivity (Wildman–Crippen MR) is 64.3 cm³/mol. The topological polar surface area (TPSA) is 72.3 Å². The van der Waals surface area contributed by atoms with Gasteiger partial charge in [0, 0.05) is 17.0 Å². The molecule has 0 unspecified atom stereocenters. The van der Waals surface area contributed by atoms with Gasteiger partial charge in [0.1, 0.15) is 0 Å². The molecule has 3 N–H and O–H groups in total. The van der Waals surface area contributed by atoms with Gasteiger partial charge in [-0.3, -0.25) is 0 Å². The lowest BCUT2D eigenvalue weighted by molar-refractivity contribution is 0.255. The molecule has 0 atom stereocenters. The Balaban J connectivity index is 2.11. The zero-order valence-corrected chi connectivity index (χ0v) is 9.39. The van der Waals surface area contributed by atoms with E-state index in [1.54, 1.807) is 6.07 Å². The highest BCUT2D eigenvalue weighted by Gasteiger charge is 2.45. The highest BCUT2D eigenvalue weighted by atomic mass is 16.5. The summed E-state index contributed by atoms with van der Waals surface area (Å²) in [5, 5.41) is 13.2. The number of nitrogens with zero attached hydrogens (tertiary/aromatic N) is 1. The largest absolute Gasteiger partial charge is 0.395 e. The van der Waals surface area contributed by atoms with Gasteiger partial charge in [-0.15, -0.1) is 0 Å².